The number of ether oxygens (including phenoxy) is 2. The van der Waals surface area contributed by atoms with Crippen LogP contribution in [-0.2, 0) is 4.74 Å². The molecular weight excluding hydrogens is 204 g/mol. The third-order valence-corrected chi connectivity index (χ3v) is 2.71. The van der Waals surface area contributed by atoms with Gasteiger partial charge in [0, 0.05) is 5.56 Å². The highest BCUT2D eigenvalue weighted by atomic mass is 16.6. The molecule has 0 N–H and O–H groups in total. The van der Waals surface area contributed by atoms with Crippen molar-refractivity contribution in [1.29, 1.82) is 0 Å². The lowest BCUT2D eigenvalue weighted by atomic mass is 10.0. The number of methoxy groups -OCH3 is 1. The van der Waals surface area contributed by atoms with Gasteiger partial charge in [0.05, 0.1) is 7.11 Å². The second-order valence-corrected chi connectivity index (χ2v) is 3.68. The summed E-state index contributed by atoms with van der Waals surface area (Å²) in [5, 5.41) is 0. The topological polar surface area (TPSA) is 35.5 Å². The molecule has 1 aliphatic heterocycles. The number of esters is 1. The lowest BCUT2D eigenvalue weighted by Crippen LogP contribution is -1.98. The van der Waals surface area contributed by atoms with Crippen LogP contribution in [0.2, 0.25) is 0 Å². The van der Waals surface area contributed by atoms with Crippen LogP contribution in [0.3, 0.4) is 0 Å². The van der Waals surface area contributed by atoms with Crippen LogP contribution >= 0.6 is 0 Å². The standard InChI is InChI=1S/C13H14O3/c1-3-4-7-10-9-6-5-8-11(15-2)12(9)13(14)16-10/h3,5-6,8,10H,1,4,7H2,2H3. The molecule has 1 aliphatic rings. The normalized spacial score (nSPS) is 17.8. The molecule has 0 aliphatic carbocycles. The molecule has 0 fully saturated rings. The minimum atomic E-state index is -0.290. The van der Waals surface area contributed by atoms with Gasteiger partial charge in [-0.1, -0.05) is 18.2 Å². The zero-order chi connectivity index (χ0) is 11.5. The van der Waals surface area contributed by atoms with Crippen LogP contribution in [0.1, 0.15) is 34.9 Å². The number of carbonyl (C=O) groups is 1. The number of hydrogen-bond acceptors (Lipinski definition) is 3. The second kappa shape index (κ2) is 4.39. The summed E-state index contributed by atoms with van der Waals surface area (Å²) in [6.07, 6.45) is 3.27. The van der Waals surface area contributed by atoms with Crippen LogP contribution in [0.15, 0.2) is 30.9 Å². The quantitative estimate of drug-likeness (QED) is 0.575. The molecule has 3 nitrogen and oxygen atoms in total. The van der Waals surface area contributed by atoms with Crippen molar-refractivity contribution in [2.45, 2.75) is 18.9 Å². The van der Waals surface area contributed by atoms with E-state index in [1.165, 1.54) is 0 Å². The molecule has 1 aromatic carbocycles. The summed E-state index contributed by atoms with van der Waals surface area (Å²) >= 11 is 0. The number of fused-ring (bicyclic) bond motifs is 1. The first kappa shape index (κ1) is 10.7. The summed E-state index contributed by atoms with van der Waals surface area (Å²) in [6, 6.07) is 5.56. The molecule has 1 aromatic rings. The maximum atomic E-state index is 11.7. The minimum Gasteiger partial charge on any atom is -0.496 e. The predicted octanol–water partition coefficient (Wildman–Crippen LogP) is 2.87. The Bertz CT molecular complexity index is 423. The number of cyclic esters (lactones) is 1. The van der Waals surface area contributed by atoms with Gasteiger partial charge >= 0.3 is 5.97 Å². The molecule has 1 unspecified atom stereocenters. The van der Waals surface area contributed by atoms with E-state index >= 15 is 0 Å². The lowest BCUT2D eigenvalue weighted by molar-refractivity contribution is 0.0369. The fourth-order valence-corrected chi connectivity index (χ4v) is 1.94. The zero-order valence-corrected chi connectivity index (χ0v) is 9.23. The van der Waals surface area contributed by atoms with Gasteiger partial charge in [-0.3, -0.25) is 0 Å². The molecule has 0 aromatic heterocycles. The fraction of sp³-hybridized carbons (Fsp3) is 0.308. The van der Waals surface area contributed by atoms with E-state index in [0.29, 0.717) is 11.3 Å². The zero-order valence-electron chi connectivity index (χ0n) is 9.23. The third kappa shape index (κ3) is 1.69. The molecule has 1 atom stereocenters. The Kier molecular flexibility index (Phi) is 2.95. The summed E-state index contributed by atoms with van der Waals surface area (Å²) < 4.78 is 10.5. The third-order valence-electron chi connectivity index (χ3n) is 2.71. The Balaban J connectivity index is 2.35. The second-order valence-electron chi connectivity index (χ2n) is 3.68. The van der Waals surface area contributed by atoms with Gasteiger partial charge in [0.15, 0.2) is 0 Å². The Labute approximate surface area is 94.7 Å². The van der Waals surface area contributed by atoms with Crippen molar-refractivity contribution in [2.75, 3.05) is 7.11 Å². The van der Waals surface area contributed by atoms with Crippen molar-refractivity contribution in [2.24, 2.45) is 0 Å². The molecule has 0 saturated heterocycles. The van der Waals surface area contributed by atoms with Gasteiger partial charge in [-0.2, -0.15) is 0 Å². The first-order valence-corrected chi connectivity index (χ1v) is 5.26. The fourth-order valence-electron chi connectivity index (χ4n) is 1.94. The smallest absolute Gasteiger partial charge is 0.342 e. The van der Waals surface area contributed by atoms with E-state index < -0.39 is 0 Å². The maximum Gasteiger partial charge on any atom is 0.342 e. The van der Waals surface area contributed by atoms with Gasteiger partial charge in [0.1, 0.15) is 17.4 Å². The number of benzene rings is 1. The predicted molar refractivity (Wildman–Crippen MR) is 60.6 cm³/mol. The van der Waals surface area contributed by atoms with Crippen molar-refractivity contribution in [3.63, 3.8) is 0 Å². The molecule has 16 heavy (non-hydrogen) atoms. The Morgan fingerprint density at radius 3 is 3.06 bits per heavy atom. The van der Waals surface area contributed by atoms with Gasteiger partial charge in [0.2, 0.25) is 0 Å². The van der Waals surface area contributed by atoms with Crippen molar-refractivity contribution in [1.82, 2.24) is 0 Å². The van der Waals surface area contributed by atoms with Gasteiger partial charge < -0.3 is 9.47 Å². The van der Waals surface area contributed by atoms with Gasteiger partial charge in [0.25, 0.3) is 0 Å². The molecule has 1 heterocycles. The number of allylic oxidation sites excluding steroid dienone is 1. The van der Waals surface area contributed by atoms with Crippen molar-refractivity contribution >= 4 is 5.97 Å². The monoisotopic (exact) mass is 218 g/mol. The minimum absolute atomic E-state index is 0.157. The molecule has 84 valence electrons. The van der Waals surface area contributed by atoms with E-state index in [9.17, 15) is 4.79 Å². The van der Waals surface area contributed by atoms with E-state index in [2.05, 4.69) is 6.58 Å². The lowest BCUT2D eigenvalue weighted by Gasteiger charge is -2.08. The highest BCUT2D eigenvalue weighted by Crippen LogP contribution is 2.38. The highest BCUT2D eigenvalue weighted by Gasteiger charge is 2.33. The summed E-state index contributed by atoms with van der Waals surface area (Å²) in [7, 11) is 1.56. The average Bonchev–Trinajstić information content (AvgIpc) is 2.64. The Morgan fingerprint density at radius 2 is 2.38 bits per heavy atom. The van der Waals surface area contributed by atoms with Crippen LogP contribution in [0.4, 0.5) is 0 Å². The first-order valence-electron chi connectivity index (χ1n) is 5.26. The van der Waals surface area contributed by atoms with E-state index in [1.807, 2.05) is 18.2 Å². The van der Waals surface area contributed by atoms with Crippen molar-refractivity contribution < 1.29 is 14.3 Å². The maximum absolute atomic E-state index is 11.7. The SMILES string of the molecule is C=CCCC1OC(=O)c2c(OC)cccc21. The number of rotatable bonds is 4. The van der Waals surface area contributed by atoms with E-state index in [4.69, 9.17) is 9.47 Å². The van der Waals surface area contributed by atoms with Gasteiger partial charge in [-0.05, 0) is 18.9 Å². The molecule has 0 amide bonds. The van der Waals surface area contributed by atoms with Crippen LogP contribution < -0.4 is 4.74 Å². The highest BCUT2D eigenvalue weighted by molar-refractivity contribution is 5.97. The molecule has 0 bridgehead atoms. The number of hydrogen-bond donors (Lipinski definition) is 0. The molecule has 0 radical (unpaired) electrons. The van der Waals surface area contributed by atoms with Crippen molar-refractivity contribution in [3.05, 3.63) is 42.0 Å². The van der Waals surface area contributed by atoms with Gasteiger partial charge in [-0.25, -0.2) is 4.79 Å². The van der Waals surface area contributed by atoms with Crippen LogP contribution in [0, 0.1) is 0 Å². The Hall–Kier alpha value is -1.77. The van der Waals surface area contributed by atoms with E-state index in [-0.39, 0.29) is 12.1 Å². The van der Waals surface area contributed by atoms with E-state index in [0.717, 1.165) is 18.4 Å². The Morgan fingerprint density at radius 1 is 1.56 bits per heavy atom. The molecule has 0 saturated carbocycles. The molecule has 2 rings (SSSR count). The molecular formula is C13H14O3. The summed E-state index contributed by atoms with van der Waals surface area (Å²) in [6.45, 7) is 3.67. The average molecular weight is 218 g/mol. The van der Waals surface area contributed by atoms with Crippen LogP contribution in [-0.4, -0.2) is 13.1 Å². The summed E-state index contributed by atoms with van der Waals surface area (Å²) in [5.74, 6) is 0.296. The molecule has 0 spiro atoms. The first-order chi connectivity index (χ1) is 7.77. The van der Waals surface area contributed by atoms with E-state index in [1.54, 1.807) is 13.2 Å². The van der Waals surface area contributed by atoms with Crippen LogP contribution in [0.25, 0.3) is 0 Å². The molecule has 3 heteroatoms. The summed E-state index contributed by atoms with van der Waals surface area (Å²) in [5.41, 5.74) is 1.49. The summed E-state index contributed by atoms with van der Waals surface area (Å²) in [4.78, 5) is 11.7. The number of carbonyl (C=O) groups excluding carboxylic acids is 1. The van der Waals surface area contributed by atoms with Crippen molar-refractivity contribution in [3.8, 4) is 5.75 Å². The van der Waals surface area contributed by atoms with Gasteiger partial charge in [-0.15, -0.1) is 6.58 Å². The van der Waals surface area contributed by atoms with Crippen LogP contribution in [0.5, 0.6) is 5.75 Å². The largest absolute Gasteiger partial charge is 0.496 e.